The van der Waals surface area contributed by atoms with Crippen LogP contribution in [0.2, 0.25) is 0 Å². The number of sulfonamides is 2. The minimum Gasteiger partial charge on any atom is -0.214 e. The molecule has 1 aromatic rings. The van der Waals surface area contributed by atoms with Crippen molar-refractivity contribution in [2.75, 3.05) is 25.1 Å². The molecule has 0 aliphatic carbocycles. The second kappa shape index (κ2) is 8.42. The fourth-order valence-electron chi connectivity index (χ4n) is 3.01. The van der Waals surface area contributed by atoms with Crippen LogP contribution in [-0.4, -0.2) is 52.3 Å². The highest BCUT2D eigenvalue weighted by atomic mass is 32.2. The van der Waals surface area contributed by atoms with Crippen molar-refractivity contribution in [1.29, 1.82) is 0 Å². The van der Waals surface area contributed by atoms with Crippen LogP contribution in [0, 0.1) is 0 Å². The zero-order valence-electron chi connectivity index (χ0n) is 14.0. The average molecular weight is 375 g/mol. The molecule has 0 saturated carbocycles. The molecule has 0 bridgehead atoms. The molecule has 1 heterocycles. The summed E-state index contributed by atoms with van der Waals surface area (Å²) in [6.07, 6.45) is 4.82. The molecular weight excluding hydrogens is 348 g/mol. The van der Waals surface area contributed by atoms with Gasteiger partial charge in [-0.2, -0.15) is 4.31 Å². The van der Waals surface area contributed by atoms with Crippen LogP contribution in [-0.2, 0) is 26.5 Å². The lowest BCUT2D eigenvalue weighted by Gasteiger charge is -2.34. The number of aryl methyl sites for hydroxylation is 1. The summed E-state index contributed by atoms with van der Waals surface area (Å²) in [7, 11) is -6.69. The van der Waals surface area contributed by atoms with Gasteiger partial charge in [-0.3, -0.25) is 0 Å². The van der Waals surface area contributed by atoms with Crippen molar-refractivity contribution in [1.82, 2.24) is 9.03 Å². The Hall–Kier alpha value is -0.960. The summed E-state index contributed by atoms with van der Waals surface area (Å²) >= 11 is 0. The van der Waals surface area contributed by atoms with Gasteiger partial charge in [0.05, 0.1) is 12.0 Å². The molecule has 24 heavy (non-hydrogen) atoms. The molecule has 0 spiro atoms. The van der Waals surface area contributed by atoms with Gasteiger partial charge >= 0.3 is 0 Å². The Labute approximate surface area is 145 Å². The molecule has 0 amide bonds. The van der Waals surface area contributed by atoms with Crippen LogP contribution in [0.15, 0.2) is 30.3 Å². The quantitative estimate of drug-likeness (QED) is 0.744. The molecule has 8 heteroatoms. The van der Waals surface area contributed by atoms with Crippen molar-refractivity contribution in [3.05, 3.63) is 35.9 Å². The van der Waals surface area contributed by atoms with E-state index in [-0.39, 0.29) is 18.3 Å². The molecule has 1 aromatic carbocycles. The second-order valence-electron chi connectivity index (χ2n) is 6.29. The zero-order chi connectivity index (χ0) is 17.6. The van der Waals surface area contributed by atoms with E-state index in [0.717, 1.165) is 31.1 Å². The monoisotopic (exact) mass is 374 g/mol. The van der Waals surface area contributed by atoms with Crippen molar-refractivity contribution in [2.45, 2.75) is 38.1 Å². The minimum absolute atomic E-state index is 0.0945. The summed E-state index contributed by atoms with van der Waals surface area (Å²) in [6.45, 7) is 0.626. The van der Waals surface area contributed by atoms with E-state index in [1.165, 1.54) is 4.31 Å². The highest BCUT2D eigenvalue weighted by Crippen LogP contribution is 2.21. The van der Waals surface area contributed by atoms with Crippen molar-refractivity contribution in [3.8, 4) is 0 Å². The number of hydrogen-bond acceptors (Lipinski definition) is 4. The van der Waals surface area contributed by atoms with E-state index in [1.54, 1.807) is 0 Å². The van der Waals surface area contributed by atoms with Crippen LogP contribution in [0.1, 0.15) is 31.2 Å². The van der Waals surface area contributed by atoms with Crippen molar-refractivity contribution in [3.63, 3.8) is 0 Å². The first-order chi connectivity index (χ1) is 11.3. The molecule has 136 valence electrons. The first-order valence-corrected chi connectivity index (χ1v) is 11.8. The third kappa shape index (κ3) is 6.16. The normalized spacial score (nSPS) is 20.1. The Balaban J connectivity index is 1.94. The van der Waals surface area contributed by atoms with Crippen LogP contribution in [0.4, 0.5) is 0 Å². The molecule has 0 radical (unpaired) electrons. The van der Waals surface area contributed by atoms with E-state index in [2.05, 4.69) is 4.72 Å². The van der Waals surface area contributed by atoms with Crippen LogP contribution in [0.3, 0.4) is 0 Å². The summed E-state index contributed by atoms with van der Waals surface area (Å²) in [5.74, 6) is 0.0945. The van der Waals surface area contributed by atoms with Crippen molar-refractivity contribution >= 4 is 20.0 Å². The molecule has 1 atom stereocenters. The lowest BCUT2D eigenvalue weighted by Crippen LogP contribution is -2.49. The predicted molar refractivity (Wildman–Crippen MR) is 95.7 cm³/mol. The van der Waals surface area contributed by atoms with Crippen molar-refractivity contribution < 1.29 is 16.8 Å². The predicted octanol–water partition coefficient (Wildman–Crippen LogP) is 1.35. The van der Waals surface area contributed by atoms with Crippen LogP contribution < -0.4 is 4.72 Å². The zero-order valence-corrected chi connectivity index (χ0v) is 15.7. The van der Waals surface area contributed by atoms with Crippen LogP contribution in [0.5, 0.6) is 0 Å². The summed E-state index contributed by atoms with van der Waals surface area (Å²) in [5, 5.41) is 0. The van der Waals surface area contributed by atoms with Gasteiger partial charge in [0.25, 0.3) is 0 Å². The largest absolute Gasteiger partial charge is 0.214 e. The maximum absolute atomic E-state index is 12.7. The standard InChI is InChI=1S/C16H26N2O4S2/c1-23(19,20)17-14-16-11-5-6-12-18(16)24(21,22)13-7-10-15-8-3-2-4-9-15/h2-4,8-9,16-17H,5-7,10-14H2,1H3. The Morgan fingerprint density at radius 3 is 2.50 bits per heavy atom. The smallest absolute Gasteiger partial charge is 0.214 e. The molecule has 6 nitrogen and oxygen atoms in total. The summed E-state index contributed by atoms with van der Waals surface area (Å²) in [4.78, 5) is 0. The summed E-state index contributed by atoms with van der Waals surface area (Å²) < 4.78 is 51.8. The van der Waals surface area contributed by atoms with Crippen LogP contribution >= 0.6 is 0 Å². The Morgan fingerprint density at radius 2 is 1.83 bits per heavy atom. The van der Waals surface area contributed by atoms with Gasteiger partial charge in [0.2, 0.25) is 20.0 Å². The lowest BCUT2D eigenvalue weighted by atomic mass is 10.1. The average Bonchev–Trinajstić information content (AvgIpc) is 2.53. The highest BCUT2D eigenvalue weighted by Gasteiger charge is 2.32. The lowest BCUT2D eigenvalue weighted by molar-refractivity contribution is 0.253. The second-order valence-corrected chi connectivity index (χ2v) is 10.2. The van der Waals surface area contributed by atoms with E-state index in [1.807, 2.05) is 30.3 Å². The first kappa shape index (κ1) is 19.4. The van der Waals surface area contributed by atoms with E-state index >= 15 is 0 Å². The van der Waals surface area contributed by atoms with Gasteiger partial charge in [0, 0.05) is 19.1 Å². The first-order valence-electron chi connectivity index (χ1n) is 8.26. The highest BCUT2D eigenvalue weighted by molar-refractivity contribution is 7.89. The number of piperidine rings is 1. The third-order valence-electron chi connectivity index (χ3n) is 4.22. The number of nitrogens with zero attached hydrogens (tertiary/aromatic N) is 1. The molecule has 1 aliphatic rings. The summed E-state index contributed by atoms with van der Waals surface area (Å²) in [6, 6.07) is 9.53. The fourth-order valence-corrected chi connectivity index (χ4v) is 5.29. The molecule has 1 aliphatic heterocycles. The van der Waals surface area contributed by atoms with Gasteiger partial charge in [0.15, 0.2) is 0 Å². The fraction of sp³-hybridized carbons (Fsp3) is 0.625. The molecular formula is C16H26N2O4S2. The van der Waals surface area contributed by atoms with Gasteiger partial charge in [-0.1, -0.05) is 36.8 Å². The number of rotatable bonds is 8. The van der Waals surface area contributed by atoms with E-state index in [0.29, 0.717) is 19.4 Å². The third-order valence-corrected chi connectivity index (χ3v) is 6.91. The number of nitrogens with one attached hydrogen (secondary N) is 1. The Morgan fingerprint density at radius 1 is 1.12 bits per heavy atom. The molecule has 1 unspecified atom stereocenters. The Kier molecular flexibility index (Phi) is 6.79. The maximum Gasteiger partial charge on any atom is 0.214 e. The van der Waals surface area contributed by atoms with E-state index in [4.69, 9.17) is 0 Å². The van der Waals surface area contributed by atoms with Crippen LogP contribution in [0.25, 0.3) is 0 Å². The van der Waals surface area contributed by atoms with Gasteiger partial charge in [-0.25, -0.2) is 21.6 Å². The number of hydrogen-bond donors (Lipinski definition) is 1. The molecule has 1 N–H and O–H groups in total. The SMILES string of the molecule is CS(=O)(=O)NCC1CCCCN1S(=O)(=O)CCCc1ccccc1. The topological polar surface area (TPSA) is 83.6 Å². The van der Waals surface area contributed by atoms with Gasteiger partial charge < -0.3 is 0 Å². The van der Waals surface area contributed by atoms with E-state index in [9.17, 15) is 16.8 Å². The molecule has 0 aromatic heterocycles. The summed E-state index contributed by atoms with van der Waals surface area (Å²) in [5.41, 5.74) is 1.13. The molecule has 1 saturated heterocycles. The van der Waals surface area contributed by atoms with Gasteiger partial charge in [0.1, 0.15) is 0 Å². The van der Waals surface area contributed by atoms with Crippen molar-refractivity contribution in [2.24, 2.45) is 0 Å². The number of benzene rings is 1. The Bertz CT molecular complexity index is 718. The van der Waals surface area contributed by atoms with Gasteiger partial charge in [-0.05, 0) is 31.2 Å². The molecule has 1 fully saturated rings. The van der Waals surface area contributed by atoms with Gasteiger partial charge in [-0.15, -0.1) is 0 Å². The molecule has 2 rings (SSSR count). The maximum atomic E-state index is 12.7. The van der Waals surface area contributed by atoms with E-state index < -0.39 is 20.0 Å². The minimum atomic E-state index is -3.37.